The van der Waals surface area contributed by atoms with E-state index in [0.29, 0.717) is 10.2 Å². The third-order valence-corrected chi connectivity index (χ3v) is 8.27. The topological polar surface area (TPSA) is 98.0 Å². The van der Waals surface area contributed by atoms with Crippen molar-refractivity contribution in [3.05, 3.63) is 94.5 Å². The summed E-state index contributed by atoms with van der Waals surface area (Å²) < 4.78 is 47.5. The molecule has 8 nitrogen and oxygen atoms in total. The van der Waals surface area contributed by atoms with Gasteiger partial charge in [-0.15, -0.1) is 0 Å². The van der Waals surface area contributed by atoms with Gasteiger partial charge in [-0.25, -0.2) is 12.8 Å². The fourth-order valence-corrected chi connectivity index (χ4v) is 5.72. The van der Waals surface area contributed by atoms with Gasteiger partial charge in [0.15, 0.2) is 4.80 Å². The lowest BCUT2D eigenvalue weighted by Gasteiger charge is -2.17. The lowest BCUT2D eigenvalue weighted by molar-refractivity contribution is -0.141. The summed E-state index contributed by atoms with van der Waals surface area (Å²) in [4.78, 5) is 29.1. The Morgan fingerprint density at radius 1 is 1.06 bits per heavy atom. The number of amides is 1. The predicted octanol–water partition coefficient (Wildman–Crippen LogP) is 3.58. The molecule has 11 heteroatoms. The summed E-state index contributed by atoms with van der Waals surface area (Å²) in [6.07, 6.45) is 0. The van der Waals surface area contributed by atoms with Gasteiger partial charge in [-0.1, -0.05) is 41.7 Å². The number of rotatable bonds is 7. The summed E-state index contributed by atoms with van der Waals surface area (Å²) in [5.41, 5.74) is 1.53. The Balaban J connectivity index is 1.62. The number of hydrogen-bond acceptors (Lipinski definition) is 6. The SMILES string of the molecule is COC(=O)Cn1c(=NC(=O)c2ccc(S(=O)(=O)N(C)Cc3ccccc3)cc2)sc2cc(F)ccc21. The molecule has 36 heavy (non-hydrogen) atoms. The van der Waals surface area contributed by atoms with Crippen molar-refractivity contribution in [2.75, 3.05) is 14.2 Å². The highest BCUT2D eigenvalue weighted by Crippen LogP contribution is 2.20. The zero-order chi connectivity index (χ0) is 25.9. The first-order chi connectivity index (χ1) is 17.2. The molecule has 4 rings (SSSR count). The molecule has 0 unspecified atom stereocenters. The third kappa shape index (κ3) is 5.43. The van der Waals surface area contributed by atoms with E-state index in [1.54, 1.807) is 0 Å². The Hall–Kier alpha value is -3.67. The van der Waals surface area contributed by atoms with Gasteiger partial charge >= 0.3 is 5.97 Å². The first-order valence-corrected chi connectivity index (χ1v) is 13.0. The van der Waals surface area contributed by atoms with Crippen LogP contribution in [-0.2, 0) is 32.6 Å². The van der Waals surface area contributed by atoms with Crippen molar-refractivity contribution in [3.8, 4) is 0 Å². The first-order valence-electron chi connectivity index (χ1n) is 10.7. The number of ether oxygens (including phenoxy) is 1. The molecule has 0 fully saturated rings. The van der Waals surface area contributed by atoms with Crippen molar-refractivity contribution in [2.45, 2.75) is 18.0 Å². The third-order valence-electron chi connectivity index (χ3n) is 5.41. The van der Waals surface area contributed by atoms with Crippen LogP contribution in [0.4, 0.5) is 4.39 Å². The molecule has 1 heterocycles. The molecule has 0 aliphatic rings. The van der Waals surface area contributed by atoms with Crippen LogP contribution in [0.1, 0.15) is 15.9 Å². The van der Waals surface area contributed by atoms with Crippen molar-refractivity contribution in [1.29, 1.82) is 0 Å². The highest BCUT2D eigenvalue weighted by atomic mass is 32.2. The maximum Gasteiger partial charge on any atom is 0.325 e. The van der Waals surface area contributed by atoms with E-state index in [4.69, 9.17) is 4.74 Å². The van der Waals surface area contributed by atoms with Gasteiger partial charge in [-0.2, -0.15) is 9.30 Å². The summed E-state index contributed by atoms with van der Waals surface area (Å²) in [5.74, 6) is -1.65. The molecule has 1 amide bonds. The molecule has 0 bridgehead atoms. The number of aromatic nitrogens is 1. The van der Waals surface area contributed by atoms with Gasteiger partial charge in [0.2, 0.25) is 10.0 Å². The van der Waals surface area contributed by atoms with Crippen molar-refractivity contribution in [1.82, 2.24) is 8.87 Å². The lowest BCUT2D eigenvalue weighted by Crippen LogP contribution is -2.26. The Kier molecular flexibility index (Phi) is 7.43. The number of benzene rings is 3. The number of esters is 1. The monoisotopic (exact) mass is 527 g/mol. The maximum absolute atomic E-state index is 13.7. The van der Waals surface area contributed by atoms with Crippen LogP contribution >= 0.6 is 11.3 Å². The highest BCUT2D eigenvalue weighted by molar-refractivity contribution is 7.89. The van der Waals surface area contributed by atoms with Crippen LogP contribution in [0.2, 0.25) is 0 Å². The molecule has 1 aromatic heterocycles. The van der Waals surface area contributed by atoms with E-state index in [1.165, 1.54) is 65.5 Å². The van der Waals surface area contributed by atoms with Gasteiger partial charge in [0.1, 0.15) is 12.4 Å². The molecule has 0 aliphatic carbocycles. The smallest absolute Gasteiger partial charge is 0.325 e. The number of carbonyl (C=O) groups excluding carboxylic acids is 2. The maximum atomic E-state index is 13.7. The van der Waals surface area contributed by atoms with Gasteiger partial charge in [0.05, 0.1) is 22.2 Å². The summed E-state index contributed by atoms with van der Waals surface area (Å²) in [6.45, 7) is -0.00884. The highest BCUT2D eigenvalue weighted by Gasteiger charge is 2.21. The summed E-state index contributed by atoms with van der Waals surface area (Å²) in [5, 5.41) is 0. The second-order valence-corrected chi connectivity index (χ2v) is 10.9. The van der Waals surface area contributed by atoms with Crippen molar-refractivity contribution in [2.24, 2.45) is 4.99 Å². The standard InChI is InChI=1S/C25H22FN3O5S2/c1-28(15-17-6-4-3-5-7-17)36(32,33)20-11-8-18(9-12-20)24(31)27-25-29(16-23(30)34-2)21-13-10-19(26)14-22(21)35-25/h3-14H,15-16H2,1-2H3. The van der Waals surface area contributed by atoms with E-state index in [9.17, 15) is 22.4 Å². The molecule has 0 aliphatic heterocycles. The van der Waals surface area contributed by atoms with Gasteiger partial charge in [-0.3, -0.25) is 9.59 Å². The molecule has 0 N–H and O–H groups in total. The Labute approximate surface area is 211 Å². The zero-order valence-electron chi connectivity index (χ0n) is 19.4. The van der Waals surface area contributed by atoms with Crippen molar-refractivity contribution in [3.63, 3.8) is 0 Å². The van der Waals surface area contributed by atoms with Gasteiger partial charge in [0.25, 0.3) is 5.91 Å². The lowest BCUT2D eigenvalue weighted by atomic mass is 10.2. The average Bonchev–Trinajstić information content (AvgIpc) is 3.19. The Morgan fingerprint density at radius 2 is 1.75 bits per heavy atom. The first kappa shape index (κ1) is 25.4. The van der Waals surface area contributed by atoms with E-state index >= 15 is 0 Å². The van der Waals surface area contributed by atoms with Gasteiger partial charge < -0.3 is 9.30 Å². The molecular weight excluding hydrogens is 505 g/mol. The minimum atomic E-state index is -3.78. The van der Waals surface area contributed by atoms with Crippen LogP contribution in [0.3, 0.4) is 0 Å². The van der Waals surface area contributed by atoms with E-state index in [1.807, 2.05) is 30.3 Å². The van der Waals surface area contributed by atoms with E-state index in [-0.39, 0.29) is 28.3 Å². The average molecular weight is 528 g/mol. The minimum Gasteiger partial charge on any atom is -0.468 e. The number of sulfonamides is 1. The van der Waals surface area contributed by atoms with Crippen LogP contribution in [0.25, 0.3) is 10.2 Å². The number of carbonyl (C=O) groups is 2. The summed E-state index contributed by atoms with van der Waals surface area (Å²) in [7, 11) is -1.05. The van der Waals surface area contributed by atoms with Crippen LogP contribution in [0, 0.1) is 5.82 Å². The molecule has 4 aromatic rings. The van der Waals surface area contributed by atoms with Crippen molar-refractivity contribution < 1.29 is 27.1 Å². The molecule has 3 aromatic carbocycles. The molecular formula is C25H22FN3O5S2. The van der Waals surface area contributed by atoms with Crippen LogP contribution in [-0.4, -0.2) is 43.3 Å². The molecule has 186 valence electrons. The Bertz CT molecular complexity index is 1590. The number of nitrogens with zero attached hydrogens (tertiary/aromatic N) is 3. The van der Waals surface area contributed by atoms with Crippen LogP contribution in [0.15, 0.2) is 82.7 Å². The zero-order valence-corrected chi connectivity index (χ0v) is 21.1. The van der Waals surface area contributed by atoms with Crippen molar-refractivity contribution >= 4 is 43.5 Å². The second kappa shape index (κ2) is 10.5. The van der Waals surface area contributed by atoms with Crippen LogP contribution in [0.5, 0.6) is 0 Å². The second-order valence-electron chi connectivity index (χ2n) is 7.85. The largest absolute Gasteiger partial charge is 0.468 e. The summed E-state index contributed by atoms with van der Waals surface area (Å²) in [6, 6.07) is 18.7. The van der Waals surface area contributed by atoms with E-state index in [0.717, 1.165) is 16.9 Å². The number of fused-ring (bicyclic) bond motifs is 1. The van der Waals surface area contributed by atoms with Gasteiger partial charge in [-0.05, 0) is 48.0 Å². The predicted molar refractivity (Wildman–Crippen MR) is 133 cm³/mol. The number of halogens is 1. The molecule has 0 spiro atoms. The van der Waals surface area contributed by atoms with Gasteiger partial charge in [0, 0.05) is 19.2 Å². The number of thiazole rings is 1. The summed E-state index contributed by atoms with van der Waals surface area (Å²) >= 11 is 1.05. The Morgan fingerprint density at radius 3 is 2.42 bits per heavy atom. The normalized spacial score (nSPS) is 12.3. The fraction of sp³-hybridized carbons (Fsp3) is 0.160. The molecule has 0 saturated carbocycles. The minimum absolute atomic E-state index is 0.0376. The number of methoxy groups -OCH3 is 1. The molecule has 0 radical (unpaired) electrons. The van der Waals surface area contributed by atoms with E-state index in [2.05, 4.69) is 4.99 Å². The fourth-order valence-electron chi connectivity index (χ4n) is 3.51. The number of hydrogen-bond donors (Lipinski definition) is 0. The molecule has 0 atom stereocenters. The quantitative estimate of drug-likeness (QED) is 0.342. The van der Waals surface area contributed by atoms with E-state index < -0.39 is 27.7 Å². The van der Waals surface area contributed by atoms with Crippen LogP contribution < -0.4 is 4.80 Å². The molecule has 0 saturated heterocycles.